The topological polar surface area (TPSA) is 125 Å². The van der Waals surface area contributed by atoms with Crippen molar-refractivity contribution in [3.8, 4) is 11.5 Å². The number of hydrogen-bond donors (Lipinski definition) is 1. The van der Waals surface area contributed by atoms with Crippen LogP contribution in [0.1, 0.15) is 38.6 Å². The first kappa shape index (κ1) is 23.0. The van der Waals surface area contributed by atoms with Crippen molar-refractivity contribution in [2.75, 3.05) is 18.4 Å². The van der Waals surface area contributed by atoms with Gasteiger partial charge in [-0.25, -0.2) is 18.4 Å². The van der Waals surface area contributed by atoms with Crippen LogP contribution in [0, 0.1) is 0 Å². The van der Waals surface area contributed by atoms with Gasteiger partial charge in [0.1, 0.15) is 11.5 Å². The lowest BCUT2D eigenvalue weighted by molar-refractivity contribution is 0.163. The summed E-state index contributed by atoms with van der Waals surface area (Å²) in [6.07, 6.45) is 4.51. The van der Waals surface area contributed by atoms with E-state index in [1.54, 1.807) is 43.9 Å². The second-order valence-corrected chi connectivity index (χ2v) is 9.61. The van der Waals surface area contributed by atoms with Crippen molar-refractivity contribution in [1.29, 1.82) is 0 Å². The van der Waals surface area contributed by atoms with Crippen LogP contribution >= 0.6 is 11.6 Å². The minimum Gasteiger partial charge on any atom is -0.383 e. The number of sulfonamides is 1. The number of pyridine rings is 1. The highest BCUT2D eigenvalue weighted by molar-refractivity contribution is 7.93. The molecule has 3 atom stereocenters. The van der Waals surface area contributed by atoms with Gasteiger partial charge in [0, 0.05) is 31.6 Å². The lowest BCUT2D eigenvalue weighted by Gasteiger charge is -2.22. The molecule has 0 radical (unpaired) electrons. The van der Waals surface area contributed by atoms with Crippen LogP contribution in [0.4, 0.5) is 5.95 Å². The molecule has 0 aliphatic rings. The number of anilines is 1. The van der Waals surface area contributed by atoms with Crippen molar-refractivity contribution in [3.63, 3.8) is 0 Å². The second kappa shape index (κ2) is 9.67. The molecule has 0 bridgehead atoms. The molecule has 3 rings (SSSR count). The zero-order valence-electron chi connectivity index (χ0n) is 17.6. The molecule has 166 valence electrons. The van der Waals surface area contributed by atoms with Crippen molar-refractivity contribution in [1.82, 2.24) is 29.7 Å². The Morgan fingerprint density at radius 2 is 1.84 bits per heavy atom. The summed E-state index contributed by atoms with van der Waals surface area (Å²) in [5, 5.41) is 7.79. The highest BCUT2D eigenvalue weighted by Gasteiger charge is 2.32. The second-order valence-electron chi connectivity index (χ2n) is 7.14. The molecule has 12 heteroatoms. The van der Waals surface area contributed by atoms with Crippen LogP contribution in [0.25, 0.3) is 11.5 Å². The zero-order valence-corrected chi connectivity index (χ0v) is 19.2. The molecule has 0 aliphatic carbocycles. The van der Waals surface area contributed by atoms with Crippen LogP contribution < -0.4 is 4.72 Å². The summed E-state index contributed by atoms with van der Waals surface area (Å²) < 4.78 is 35.8. The van der Waals surface area contributed by atoms with Crippen LogP contribution in [0.5, 0.6) is 0 Å². The Morgan fingerprint density at radius 3 is 2.45 bits per heavy atom. The van der Waals surface area contributed by atoms with E-state index in [4.69, 9.17) is 16.3 Å². The normalized spacial score (nSPS) is 14.7. The van der Waals surface area contributed by atoms with Crippen molar-refractivity contribution >= 4 is 27.6 Å². The fourth-order valence-corrected chi connectivity index (χ4v) is 4.36. The van der Waals surface area contributed by atoms with Gasteiger partial charge in [-0.05, 0) is 26.0 Å². The molecular formula is C19H24ClN7O3S. The van der Waals surface area contributed by atoms with Crippen molar-refractivity contribution in [3.05, 3.63) is 47.6 Å². The number of ether oxygens (including phenoxy) is 1. The molecule has 31 heavy (non-hydrogen) atoms. The van der Waals surface area contributed by atoms with Gasteiger partial charge < -0.3 is 4.74 Å². The maximum absolute atomic E-state index is 13.1. The van der Waals surface area contributed by atoms with Gasteiger partial charge >= 0.3 is 0 Å². The van der Waals surface area contributed by atoms with Crippen LogP contribution in [0.15, 0.2) is 36.8 Å². The van der Waals surface area contributed by atoms with Gasteiger partial charge in [0.25, 0.3) is 0 Å². The first-order valence-corrected chi connectivity index (χ1v) is 11.5. The van der Waals surface area contributed by atoms with E-state index in [2.05, 4.69) is 29.9 Å². The Bertz CT molecular complexity index is 1110. The Hall–Kier alpha value is -2.63. The maximum atomic E-state index is 13.1. The van der Waals surface area contributed by atoms with E-state index >= 15 is 0 Å². The third kappa shape index (κ3) is 5.17. The summed E-state index contributed by atoms with van der Waals surface area (Å²) in [6, 6.07) is 5.14. The average molecular weight is 466 g/mol. The van der Waals surface area contributed by atoms with Gasteiger partial charge in [0.15, 0.2) is 5.82 Å². The minimum absolute atomic E-state index is 0.0845. The summed E-state index contributed by atoms with van der Waals surface area (Å²) >= 11 is 5.83. The molecule has 3 aromatic rings. The van der Waals surface area contributed by atoms with E-state index in [9.17, 15) is 8.42 Å². The standard InChI is InChI=1S/C19H24ClN7O3S/c1-12(11-30-4)27-18(16-7-5-6-8-21-16)24-25-19(27)26-31(28,29)14(3)13(2)17-22-9-15(20)10-23-17/h5-10,12-14H,11H2,1-4H3,(H,25,26). The fourth-order valence-electron chi connectivity index (χ4n) is 3.02. The molecule has 3 aromatic heterocycles. The van der Waals surface area contributed by atoms with Crippen LogP contribution in [-0.4, -0.2) is 57.1 Å². The smallest absolute Gasteiger partial charge is 0.238 e. The number of nitrogens with zero attached hydrogens (tertiary/aromatic N) is 6. The first-order valence-electron chi connectivity index (χ1n) is 9.59. The molecule has 0 saturated carbocycles. The van der Waals surface area contributed by atoms with Gasteiger partial charge in [0.2, 0.25) is 16.0 Å². The van der Waals surface area contributed by atoms with Gasteiger partial charge in [-0.1, -0.05) is 24.6 Å². The lowest BCUT2D eigenvalue weighted by Crippen LogP contribution is -2.32. The van der Waals surface area contributed by atoms with E-state index in [1.807, 2.05) is 13.0 Å². The Morgan fingerprint density at radius 1 is 1.13 bits per heavy atom. The van der Waals surface area contributed by atoms with Gasteiger partial charge in [-0.3, -0.25) is 14.3 Å². The lowest BCUT2D eigenvalue weighted by atomic mass is 10.1. The number of aromatic nitrogens is 6. The van der Waals surface area contributed by atoms with Crippen molar-refractivity contribution in [2.45, 2.75) is 38.0 Å². The van der Waals surface area contributed by atoms with Gasteiger partial charge in [-0.2, -0.15) is 0 Å². The molecule has 10 nitrogen and oxygen atoms in total. The molecular weight excluding hydrogens is 442 g/mol. The molecule has 0 aromatic carbocycles. The zero-order chi connectivity index (χ0) is 22.6. The third-order valence-corrected chi connectivity index (χ3v) is 6.96. The van der Waals surface area contributed by atoms with Crippen LogP contribution in [0.3, 0.4) is 0 Å². The van der Waals surface area contributed by atoms with E-state index < -0.39 is 21.2 Å². The molecule has 0 spiro atoms. The summed E-state index contributed by atoms with van der Waals surface area (Å²) in [5.74, 6) is 0.411. The highest BCUT2D eigenvalue weighted by atomic mass is 35.5. The molecule has 0 amide bonds. The predicted molar refractivity (Wildman–Crippen MR) is 117 cm³/mol. The van der Waals surface area contributed by atoms with Crippen molar-refractivity contribution in [2.24, 2.45) is 0 Å². The molecule has 1 N–H and O–H groups in total. The molecule has 0 aliphatic heterocycles. The van der Waals surface area contributed by atoms with Crippen molar-refractivity contribution < 1.29 is 13.2 Å². The maximum Gasteiger partial charge on any atom is 0.238 e. The summed E-state index contributed by atoms with van der Waals surface area (Å²) in [6.45, 7) is 5.54. The Balaban J connectivity index is 1.93. The SMILES string of the molecule is COCC(C)n1c(NS(=O)(=O)C(C)C(C)c2ncc(Cl)cn2)nnc1-c1ccccn1. The summed E-state index contributed by atoms with van der Waals surface area (Å²) in [7, 11) is -2.29. The number of rotatable bonds is 9. The predicted octanol–water partition coefficient (Wildman–Crippen LogP) is 2.92. The number of methoxy groups -OCH3 is 1. The Kier molecular flexibility index (Phi) is 7.19. The average Bonchev–Trinajstić information content (AvgIpc) is 3.17. The highest BCUT2D eigenvalue weighted by Crippen LogP contribution is 2.27. The quantitative estimate of drug-likeness (QED) is 0.511. The van der Waals surface area contributed by atoms with Gasteiger partial charge in [0.05, 0.1) is 22.9 Å². The Labute approximate surface area is 186 Å². The number of halogens is 1. The van der Waals surface area contributed by atoms with Crippen LogP contribution in [-0.2, 0) is 14.8 Å². The third-order valence-electron chi connectivity index (χ3n) is 4.91. The summed E-state index contributed by atoms with van der Waals surface area (Å²) in [5.41, 5.74) is 0.569. The van der Waals surface area contributed by atoms with E-state index in [1.165, 1.54) is 12.4 Å². The number of hydrogen-bond acceptors (Lipinski definition) is 8. The van der Waals surface area contributed by atoms with E-state index in [0.29, 0.717) is 29.0 Å². The largest absolute Gasteiger partial charge is 0.383 e. The number of nitrogens with one attached hydrogen (secondary N) is 1. The first-order chi connectivity index (χ1) is 14.7. The molecule has 0 fully saturated rings. The van der Waals surface area contributed by atoms with E-state index in [0.717, 1.165) is 0 Å². The monoisotopic (exact) mass is 465 g/mol. The molecule has 3 unspecified atom stereocenters. The fraction of sp³-hybridized carbons (Fsp3) is 0.421. The molecule has 0 saturated heterocycles. The molecule has 3 heterocycles. The summed E-state index contributed by atoms with van der Waals surface area (Å²) in [4.78, 5) is 12.6. The van der Waals surface area contributed by atoms with E-state index in [-0.39, 0.29) is 12.0 Å². The van der Waals surface area contributed by atoms with Crippen LogP contribution in [0.2, 0.25) is 5.02 Å². The van der Waals surface area contributed by atoms with Gasteiger partial charge in [-0.15, -0.1) is 10.2 Å². The minimum atomic E-state index is -3.86.